The van der Waals surface area contributed by atoms with Crippen LogP contribution < -0.4 is 0 Å². The molecule has 2 heterocycles. The largest absolute Gasteiger partial charge is 0.469 e. The molecule has 4 heteroatoms. The predicted octanol–water partition coefficient (Wildman–Crippen LogP) is 3.18. The van der Waals surface area contributed by atoms with Crippen LogP contribution >= 0.6 is 0 Å². The van der Waals surface area contributed by atoms with Gasteiger partial charge in [-0.3, -0.25) is 4.98 Å². The van der Waals surface area contributed by atoms with E-state index in [0.717, 1.165) is 41.1 Å². The van der Waals surface area contributed by atoms with Gasteiger partial charge in [-0.1, -0.05) is 6.92 Å². The summed E-state index contributed by atoms with van der Waals surface area (Å²) in [6, 6.07) is 3.89. The quantitative estimate of drug-likeness (QED) is 0.804. The first-order valence-corrected chi connectivity index (χ1v) is 7.01. The van der Waals surface area contributed by atoms with Gasteiger partial charge in [0.15, 0.2) is 0 Å². The maximum atomic E-state index is 12.0. The van der Waals surface area contributed by atoms with Gasteiger partial charge in [-0.05, 0) is 37.5 Å². The Balaban J connectivity index is 2.12. The summed E-state index contributed by atoms with van der Waals surface area (Å²) in [5.74, 6) is 0.702. The highest BCUT2D eigenvalue weighted by molar-refractivity contribution is 5.91. The summed E-state index contributed by atoms with van der Waals surface area (Å²) in [7, 11) is 0. The monoisotopic (exact) mass is 271 g/mol. The summed E-state index contributed by atoms with van der Waals surface area (Å²) in [6.45, 7) is 4.19. The van der Waals surface area contributed by atoms with Crippen LogP contribution in [0.1, 0.15) is 41.2 Å². The van der Waals surface area contributed by atoms with Crippen molar-refractivity contribution in [2.75, 3.05) is 6.61 Å². The number of esters is 1. The van der Waals surface area contributed by atoms with Crippen LogP contribution in [-0.4, -0.2) is 17.6 Å². The van der Waals surface area contributed by atoms with Crippen molar-refractivity contribution in [1.82, 2.24) is 4.98 Å². The lowest BCUT2D eigenvalue weighted by Crippen LogP contribution is -2.13. The number of ether oxygens (including phenoxy) is 1. The molecule has 0 spiro atoms. The summed E-state index contributed by atoms with van der Waals surface area (Å²) in [6.07, 6.45) is 4.10. The molecule has 0 bridgehead atoms. The Morgan fingerprint density at radius 3 is 3.00 bits per heavy atom. The zero-order valence-electron chi connectivity index (χ0n) is 11.7. The number of fused-ring (bicyclic) bond motifs is 3. The molecule has 2 aromatic heterocycles. The summed E-state index contributed by atoms with van der Waals surface area (Å²) >= 11 is 0. The molecule has 0 atom stereocenters. The van der Waals surface area contributed by atoms with Crippen molar-refractivity contribution in [3.05, 3.63) is 41.0 Å². The normalized spacial score (nSPS) is 12.7. The molecule has 0 N–H and O–H groups in total. The molecule has 0 aromatic carbocycles. The van der Waals surface area contributed by atoms with E-state index < -0.39 is 0 Å². The molecule has 0 radical (unpaired) electrons. The highest BCUT2D eigenvalue weighted by atomic mass is 16.5. The highest BCUT2D eigenvalue weighted by Crippen LogP contribution is 2.34. The number of hydrogen-bond acceptors (Lipinski definition) is 4. The molecule has 0 saturated carbocycles. The van der Waals surface area contributed by atoms with E-state index in [2.05, 4.69) is 4.98 Å². The minimum absolute atomic E-state index is 0.280. The van der Waals surface area contributed by atoms with Crippen LogP contribution in [0.5, 0.6) is 0 Å². The average molecular weight is 271 g/mol. The van der Waals surface area contributed by atoms with Gasteiger partial charge >= 0.3 is 5.97 Å². The summed E-state index contributed by atoms with van der Waals surface area (Å²) < 4.78 is 10.6. The third-order valence-corrected chi connectivity index (χ3v) is 3.63. The zero-order valence-corrected chi connectivity index (χ0v) is 11.7. The molecule has 1 aliphatic carbocycles. The van der Waals surface area contributed by atoms with E-state index in [1.165, 1.54) is 0 Å². The van der Waals surface area contributed by atoms with Crippen molar-refractivity contribution < 1.29 is 13.9 Å². The third-order valence-electron chi connectivity index (χ3n) is 3.63. The number of nitrogens with zero attached hydrogens (tertiary/aromatic N) is 1. The van der Waals surface area contributed by atoms with Crippen LogP contribution in [0.15, 0.2) is 22.8 Å². The number of rotatable bonds is 3. The van der Waals surface area contributed by atoms with E-state index in [4.69, 9.17) is 9.15 Å². The van der Waals surface area contributed by atoms with Crippen LogP contribution in [0, 0.1) is 0 Å². The Morgan fingerprint density at radius 2 is 2.25 bits per heavy atom. The van der Waals surface area contributed by atoms with Crippen LogP contribution in [0.2, 0.25) is 0 Å². The first kappa shape index (κ1) is 12.9. The Bertz CT molecular complexity index is 658. The molecule has 20 heavy (non-hydrogen) atoms. The number of aromatic nitrogens is 1. The van der Waals surface area contributed by atoms with E-state index in [1.807, 2.05) is 26.0 Å². The lowest BCUT2D eigenvalue weighted by atomic mass is 9.92. The molecule has 0 amide bonds. The molecule has 0 unspecified atom stereocenters. The molecule has 0 aliphatic heterocycles. The number of furan rings is 1. The molecule has 1 aliphatic rings. The molecule has 0 saturated heterocycles. The fraction of sp³-hybridized carbons (Fsp3) is 0.375. The third kappa shape index (κ3) is 2.01. The molecule has 104 valence electrons. The fourth-order valence-corrected chi connectivity index (χ4v) is 2.67. The van der Waals surface area contributed by atoms with E-state index in [0.29, 0.717) is 18.6 Å². The maximum Gasteiger partial charge on any atom is 0.339 e. The number of aryl methyl sites for hydroxylation is 3. The Labute approximate surface area is 117 Å². The van der Waals surface area contributed by atoms with E-state index in [-0.39, 0.29) is 5.97 Å². The van der Waals surface area contributed by atoms with Gasteiger partial charge in [0.25, 0.3) is 0 Å². The second-order valence-corrected chi connectivity index (χ2v) is 4.82. The second kappa shape index (κ2) is 5.12. The van der Waals surface area contributed by atoms with Crippen LogP contribution in [0.4, 0.5) is 0 Å². The first-order chi connectivity index (χ1) is 9.74. The van der Waals surface area contributed by atoms with E-state index in [1.54, 1.807) is 6.26 Å². The zero-order chi connectivity index (χ0) is 14.1. The van der Waals surface area contributed by atoms with Crippen LogP contribution in [0.25, 0.3) is 11.3 Å². The maximum absolute atomic E-state index is 12.0. The van der Waals surface area contributed by atoms with E-state index >= 15 is 0 Å². The van der Waals surface area contributed by atoms with Gasteiger partial charge in [0.2, 0.25) is 0 Å². The molecule has 4 nitrogen and oxygen atoms in total. The van der Waals surface area contributed by atoms with Gasteiger partial charge in [-0.2, -0.15) is 0 Å². The Kier molecular flexibility index (Phi) is 3.30. The highest BCUT2D eigenvalue weighted by Gasteiger charge is 2.24. The van der Waals surface area contributed by atoms with Gasteiger partial charge in [0.1, 0.15) is 5.76 Å². The molecular formula is C16H17NO3. The summed E-state index contributed by atoms with van der Waals surface area (Å²) in [5, 5.41) is 0. The van der Waals surface area contributed by atoms with Gasteiger partial charge in [0, 0.05) is 12.0 Å². The van der Waals surface area contributed by atoms with Gasteiger partial charge in [0.05, 0.1) is 29.8 Å². The van der Waals surface area contributed by atoms with Crippen molar-refractivity contribution in [2.24, 2.45) is 0 Å². The summed E-state index contributed by atoms with van der Waals surface area (Å²) in [5.41, 5.74) is 4.48. The van der Waals surface area contributed by atoms with Crippen molar-refractivity contribution >= 4 is 5.97 Å². The first-order valence-electron chi connectivity index (χ1n) is 7.01. The molecule has 0 fully saturated rings. The van der Waals surface area contributed by atoms with Gasteiger partial charge in [-0.15, -0.1) is 0 Å². The Hall–Kier alpha value is -2.10. The number of carbonyl (C=O) groups excluding carboxylic acids is 1. The fourth-order valence-electron chi connectivity index (χ4n) is 2.67. The standard InChI is InChI=1S/C16H17NO3/c1-3-13-12(16(18)19-4-2)9-10-5-6-14-11(7-8-20-14)15(10)17-13/h7-9H,3-6H2,1-2H3. The molecule has 2 aromatic rings. The Morgan fingerprint density at radius 1 is 1.40 bits per heavy atom. The average Bonchev–Trinajstić information content (AvgIpc) is 2.94. The summed E-state index contributed by atoms with van der Waals surface area (Å²) in [4.78, 5) is 16.7. The molecule has 3 rings (SSSR count). The van der Waals surface area contributed by atoms with Gasteiger partial charge in [-0.25, -0.2) is 4.79 Å². The predicted molar refractivity (Wildman–Crippen MR) is 74.7 cm³/mol. The van der Waals surface area contributed by atoms with E-state index in [9.17, 15) is 4.79 Å². The SMILES string of the molecule is CCOC(=O)c1cc2c(nc1CC)-c1ccoc1CC2. The smallest absolute Gasteiger partial charge is 0.339 e. The topological polar surface area (TPSA) is 52.3 Å². The minimum Gasteiger partial charge on any atom is -0.469 e. The second-order valence-electron chi connectivity index (χ2n) is 4.82. The number of pyridine rings is 1. The van der Waals surface area contributed by atoms with Crippen molar-refractivity contribution in [3.63, 3.8) is 0 Å². The minimum atomic E-state index is -0.280. The number of hydrogen-bond donors (Lipinski definition) is 0. The van der Waals surface area contributed by atoms with Gasteiger partial charge < -0.3 is 9.15 Å². The van der Waals surface area contributed by atoms with Crippen molar-refractivity contribution in [3.8, 4) is 11.3 Å². The lowest BCUT2D eigenvalue weighted by molar-refractivity contribution is 0.0524. The number of carbonyl (C=O) groups is 1. The van der Waals surface area contributed by atoms with Crippen molar-refractivity contribution in [1.29, 1.82) is 0 Å². The lowest BCUT2D eigenvalue weighted by Gasteiger charge is -2.17. The molecular weight excluding hydrogens is 254 g/mol. The van der Waals surface area contributed by atoms with Crippen LogP contribution in [-0.2, 0) is 24.0 Å². The van der Waals surface area contributed by atoms with Crippen LogP contribution in [0.3, 0.4) is 0 Å². The van der Waals surface area contributed by atoms with Crippen molar-refractivity contribution in [2.45, 2.75) is 33.1 Å².